The molecule has 1 aromatic heterocycles. The SMILES string of the molecule is CCn1c(=C2SC(=S)N(C)C2=O)sc(=C2Sc3ccccc3N2C)c1=O. The number of fused-ring (bicyclic) bond motifs is 1. The van der Waals surface area contributed by atoms with Crippen LogP contribution in [0.4, 0.5) is 5.69 Å². The number of benzene rings is 1. The lowest BCUT2D eigenvalue weighted by Gasteiger charge is -2.11. The van der Waals surface area contributed by atoms with E-state index >= 15 is 0 Å². The molecule has 2 aliphatic heterocycles. The van der Waals surface area contributed by atoms with Crippen LogP contribution in [-0.2, 0) is 11.3 Å². The van der Waals surface area contributed by atoms with E-state index in [0.29, 0.717) is 25.0 Å². The zero-order valence-electron chi connectivity index (χ0n) is 14.3. The molecular weight excluding hydrogens is 406 g/mol. The van der Waals surface area contributed by atoms with Crippen molar-refractivity contribution in [1.82, 2.24) is 9.47 Å². The molecule has 0 N–H and O–H groups in total. The number of nitrogens with zero attached hydrogens (tertiary/aromatic N) is 3. The van der Waals surface area contributed by atoms with Gasteiger partial charge in [-0.2, -0.15) is 0 Å². The number of carbonyl (C=O) groups is 1. The second-order valence-corrected chi connectivity index (χ2v) is 9.45. The first kappa shape index (κ1) is 17.8. The van der Waals surface area contributed by atoms with Gasteiger partial charge in [0.1, 0.15) is 23.4 Å². The summed E-state index contributed by atoms with van der Waals surface area (Å²) in [5, 5.41) is 0.904. The van der Waals surface area contributed by atoms with Crippen molar-refractivity contribution in [3.05, 3.63) is 43.8 Å². The number of hydrogen-bond acceptors (Lipinski definition) is 7. The number of thiazole rings is 1. The van der Waals surface area contributed by atoms with Gasteiger partial charge < -0.3 is 4.90 Å². The van der Waals surface area contributed by atoms with Crippen LogP contribution in [0.25, 0.3) is 9.93 Å². The third-order valence-electron chi connectivity index (χ3n) is 4.29. The lowest BCUT2D eigenvalue weighted by atomic mass is 10.3. The quantitative estimate of drug-likeness (QED) is 0.655. The largest absolute Gasteiger partial charge is 0.337 e. The Morgan fingerprint density at radius 2 is 1.81 bits per heavy atom. The summed E-state index contributed by atoms with van der Waals surface area (Å²) >= 11 is 9.46. The van der Waals surface area contributed by atoms with Crippen molar-refractivity contribution in [2.24, 2.45) is 0 Å². The minimum absolute atomic E-state index is 0.0592. The standard InChI is InChI=1S/C17H15N3O2S4/c1-4-20-14(22)12(15-18(2)9-7-5-6-8-10(9)24-15)25-16(20)11-13(21)19(3)17(23)26-11/h5-8H,4H2,1-3H3. The molecule has 26 heavy (non-hydrogen) atoms. The third-order valence-corrected chi connectivity index (χ3v) is 8.52. The second kappa shape index (κ2) is 6.56. The number of anilines is 1. The number of para-hydroxylation sites is 1. The summed E-state index contributed by atoms with van der Waals surface area (Å²) in [6.45, 7) is 2.42. The smallest absolute Gasteiger partial charge is 0.271 e. The highest BCUT2D eigenvalue weighted by Crippen LogP contribution is 2.45. The number of carbonyl (C=O) groups excluding carboxylic acids is 1. The van der Waals surface area contributed by atoms with Gasteiger partial charge in [0.15, 0.2) is 0 Å². The van der Waals surface area contributed by atoms with E-state index in [9.17, 15) is 9.59 Å². The average molecular weight is 422 g/mol. The van der Waals surface area contributed by atoms with Gasteiger partial charge >= 0.3 is 0 Å². The zero-order chi connectivity index (χ0) is 18.6. The number of rotatable bonds is 1. The Morgan fingerprint density at radius 3 is 2.42 bits per heavy atom. The molecule has 2 aromatic rings. The van der Waals surface area contributed by atoms with E-state index in [1.807, 2.05) is 37.1 Å². The van der Waals surface area contributed by atoms with Crippen molar-refractivity contribution in [2.75, 3.05) is 19.0 Å². The van der Waals surface area contributed by atoms with E-state index in [-0.39, 0.29) is 11.5 Å². The van der Waals surface area contributed by atoms with Gasteiger partial charge in [0.2, 0.25) is 0 Å². The van der Waals surface area contributed by atoms with E-state index < -0.39 is 0 Å². The van der Waals surface area contributed by atoms with Gasteiger partial charge in [-0.25, -0.2) is 0 Å². The normalized spacial score (nSPS) is 21.0. The van der Waals surface area contributed by atoms with Crippen LogP contribution in [0.2, 0.25) is 0 Å². The molecule has 0 radical (unpaired) electrons. The molecular formula is C17H15N3O2S4. The van der Waals surface area contributed by atoms with Gasteiger partial charge in [-0.3, -0.25) is 19.1 Å². The topological polar surface area (TPSA) is 45.6 Å². The first-order chi connectivity index (χ1) is 12.4. The fraction of sp³-hybridized carbons (Fsp3) is 0.235. The molecule has 1 saturated heterocycles. The second-order valence-electron chi connectivity index (χ2n) is 5.78. The molecule has 0 bridgehead atoms. The molecule has 4 rings (SSSR count). The summed E-state index contributed by atoms with van der Waals surface area (Å²) in [5.74, 6) is -0.143. The summed E-state index contributed by atoms with van der Waals surface area (Å²) in [4.78, 5) is 30.7. The first-order valence-corrected chi connectivity index (χ1v) is 10.8. The van der Waals surface area contributed by atoms with Crippen LogP contribution in [0, 0.1) is 0 Å². The lowest BCUT2D eigenvalue weighted by Crippen LogP contribution is -2.34. The monoisotopic (exact) mass is 421 g/mol. The summed E-state index contributed by atoms with van der Waals surface area (Å²) in [5.41, 5.74) is 1.03. The number of thiocarbonyl (C=S) groups is 1. The van der Waals surface area contributed by atoms with Crippen LogP contribution < -0.4 is 19.7 Å². The van der Waals surface area contributed by atoms with E-state index in [0.717, 1.165) is 15.6 Å². The molecule has 9 heteroatoms. The molecule has 1 fully saturated rings. The van der Waals surface area contributed by atoms with Crippen LogP contribution in [0.1, 0.15) is 6.92 Å². The van der Waals surface area contributed by atoms with Crippen molar-refractivity contribution in [3.63, 3.8) is 0 Å². The number of amides is 1. The van der Waals surface area contributed by atoms with Crippen molar-refractivity contribution in [3.8, 4) is 0 Å². The maximum Gasteiger partial charge on any atom is 0.271 e. The van der Waals surface area contributed by atoms with Crippen LogP contribution >= 0.6 is 47.1 Å². The fourth-order valence-electron chi connectivity index (χ4n) is 2.87. The molecule has 0 atom stereocenters. The highest BCUT2D eigenvalue weighted by atomic mass is 32.2. The summed E-state index contributed by atoms with van der Waals surface area (Å²) in [6.07, 6.45) is 0. The van der Waals surface area contributed by atoms with Gasteiger partial charge in [-0.15, -0.1) is 11.3 Å². The summed E-state index contributed by atoms with van der Waals surface area (Å²) in [7, 11) is 3.63. The molecule has 5 nitrogen and oxygen atoms in total. The average Bonchev–Trinajstić information content (AvgIpc) is 3.23. The molecule has 1 aromatic carbocycles. The number of hydrogen-bond donors (Lipinski definition) is 0. The van der Waals surface area contributed by atoms with Gasteiger partial charge in [0.05, 0.1) is 5.69 Å². The van der Waals surface area contributed by atoms with E-state index in [4.69, 9.17) is 12.2 Å². The Kier molecular flexibility index (Phi) is 4.50. The Bertz CT molecular complexity index is 1130. The van der Waals surface area contributed by atoms with Crippen molar-refractivity contribution in [2.45, 2.75) is 18.4 Å². The van der Waals surface area contributed by atoms with Crippen LogP contribution in [-0.4, -0.2) is 33.8 Å². The van der Waals surface area contributed by atoms with Gasteiger partial charge in [0, 0.05) is 25.5 Å². The lowest BCUT2D eigenvalue weighted by molar-refractivity contribution is -0.119. The molecule has 2 aliphatic rings. The van der Waals surface area contributed by atoms with Crippen LogP contribution in [0.3, 0.4) is 0 Å². The maximum atomic E-state index is 13.1. The highest BCUT2D eigenvalue weighted by molar-refractivity contribution is 8.30. The van der Waals surface area contributed by atoms with E-state index in [2.05, 4.69) is 6.07 Å². The predicted molar refractivity (Wildman–Crippen MR) is 114 cm³/mol. The first-order valence-electron chi connectivity index (χ1n) is 7.92. The minimum Gasteiger partial charge on any atom is -0.337 e. The zero-order valence-corrected chi connectivity index (χ0v) is 17.6. The molecule has 0 unspecified atom stereocenters. The summed E-state index contributed by atoms with van der Waals surface area (Å²) in [6, 6.07) is 8.08. The third kappa shape index (κ3) is 2.57. The number of aromatic nitrogens is 1. The van der Waals surface area contributed by atoms with E-state index in [1.54, 1.807) is 23.4 Å². The molecule has 1 amide bonds. The van der Waals surface area contributed by atoms with Gasteiger partial charge in [-0.1, -0.05) is 47.9 Å². The maximum absolute atomic E-state index is 13.1. The van der Waals surface area contributed by atoms with Crippen molar-refractivity contribution < 1.29 is 4.79 Å². The molecule has 0 spiro atoms. The Labute approximate surface area is 168 Å². The molecule has 0 aliphatic carbocycles. The van der Waals surface area contributed by atoms with Gasteiger partial charge in [-0.05, 0) is 19.1 Å². The highest BCUT2D eigenvalue weighted by Gasteiger charge is 2.32. The summed E-state index contributed by atoms with van der Waals surface area (Å²) < 4.78 is 3.54. The Balaban J connectivity index is 2.01. The van der Waals surface area contributed by atoms with Crippen LogP contribution in [0.15, 0.2) is 34.0 Å². The molecule has 0 saturated carbocycles. The predicted octanol–water partition coefficient (Wildman–Crippen LogP) is 1.84. The Morgan fingerprint density at radius 1 is 1.08 bits per heavy atom. The van der Waals surface area contributed by atoms with Crippen molar-refractivity contribution >= 4 is 72.9 Å². The number of thioether (sulfide) groups is 2. The minimum atomic E-state index is -0.143. The fourth-order valence-corrected chi connectivity index (χ4v) is 6.72. The van der Waals surface area contributed by atoms with E-state index in [1.165, 1.54) is 28.0 Å². The molecule has 3 heterocycles. The van der Waals surface area contributed by atoms with Gasteiger partial charge in [0.25, 0.3) is 11.5 Å². The van der Waals surface area contributed by atoms with Crippen molar-refractivity contribution in [1.29, 1.82) is 0 Å². The molecule has 134 valence electrons. The van der Waals surface area contributed by atoms with Crippen LogP contribution in [0.5, 0.6) is 0 Å². The Hall–Kier alpha value is -1.55.